The van der Waals surface area contributed by atoms with Crippen molar-refractivity contribution in [1.82, 2.24) is 15.6 Å². The van der Waals surface area contributed by atoms with Crippen molar-refractivity contribution >= 4 is 41.7 Å². The molecular weight excluding hydrogens is 439 g/mol. The van der Waals surface area contributed by atoms with Gasteiger partial charge in [-0.2, -0.15) is 11.8 Å². The molecule has 24 heavy (non-hydrogen) atoms. The molecule has 0 aromatic carbocycles. The summed E-state index contributed by atoms with van der Waals surface area (Å²) in [4.78, 5) is 8.50. The van der Waals surface area contributed by atoms with Gasteiger partial charge in [-0.1, -0.05) is 6.07 Å². The molecule has 6 nitrogen and oxygen atoms in total. The van der Waals surface area contributed by atoms with E-state index in [2.05, 4.69) is 26.9 Å². The van der Waals surface area contributed by atoms with Crippen molar-refractivity contribution in [3.05, 3.63) is 23.9 Å². The Balaban J connectivity index is 0.00000529. The maximum Gasteiger partial charge on any atom is 0.218 e. The Morgan fingerprint density at radius 3 is 2.83 bits per heavy atom. The Kier molecular flexibility index (Phi) is 15.3. The highest BCUT2D eigenvalue weighted by Gasteiger charge is 2.05. The van der Waals surface area contributed by atoms with Crippen LogP contribution in [-0.4, -0.2) is 56.9 Å². The van der Waals surface area contributed by atoms with Gasteiger partial charge in [0.15, 0.2) is 5.96 Å². The number of ether oxygens (including phenoxy) is 2. The average molecular weight is 468 g/mol. The van der Waals surface area contributed by atoms with E-state index in [4.69, 9.17) is 9.47 Å². The molecule has 2 N–H and O–H groups in total. The number of nitrogens with zero attached hydrogens (tertiary/aromatic N) is 2. The van der Waals surface area contributed by atoms with Gasteiger partial charge in [-0.15, -0.1) is 24.0 Å². The number of halogens is 1. The average Bonchev–Trinajstić information content (AvgIpc) is 2.58. The first-order valence-electron chi connectivity index (χ1n) is 7.81. The van der Waals surface area contributed by atoms with Crippen LogP contribution in [0, 0.1) is 0 Å². The van der Waals surface area contributed by atoms with Gasteiger partial charge in [0.2, 0.25) is 5.88 Å². The fourth-order valence-corrected chi connectivity index (χ4v) is 2.38. The zero-order chi connectivity index (χ0) is 16.8. The number of rotatable bonds is 11. The highest BCUT2D eigenvalue weighted by molar-refractivity contribution is 14.0. The molecule has 0 aliphatic carbocycles. The van der Waals surface area contributed by atoms with E-state index in [9.17, 15) is 0 Å². The maximum atomic E-state index is 5.63. The molecule has 0 aliphatic heterocycles. The molecule has 1 heterocycles. The number of hydrogen-bond acceptors (Lipinski definition) is 5. The van der Waals surface area contributed by atoms with Crippen LogP contribution in [0.2, 0.25) is 0 Å². The number of guanidine groups is 1. The highest BCUT2D eigenvalue weighted by Crippen LogP contribution is 2.13. The van der Waals surface area contributed by atoms with E-state index in [1.807, 2.05) is 23.9 Å². The summed E-state index contributed by atoms with van der Waals surface area (Å²) in [6.07, 6.45) is 6.21. The predicted molar refractivity (Wildman–Crippen MR) is 113 cm³/mol. The molecule has 1 aromatic heterocycles. The molecule has 0 saturated carbocycles. The number of thioether (sulfide) groups is 1. The fourth-order valence-electron chi connectivity index (χ4n) is 1.89. The summed E-state index contributed by atoms with van der Waals surface area (Å²) in [7, 11) is 3.43. The van der Waals surface area contributed by atoms with E-state index in [0.29, 0.717) is 25.6 Å². The first-order chi connectivity index (χ1) is 11.3. The molecule has 0 amide bonds. The SMILES string of the molecule is CN=C(NCCCCSC)NCc1cccnc1OCCOC.I. The van der Waals surface area contributed by atoms with Gasteiger partial charge in [-0.25, -0.2) is 4.98 Å². The molecule has 0 aliphatic rings. The lowest BCUT2D eigenvalue weighted by Gasteiger charge is -2.14. The third-order valence-electron chi connectivity index (χ3n) is 3.11. The van der Waals surface area contributed by atoms with Gasteiger partial charge >= 0.3 is 0 Å². The lowest BCUT2D eigenvalue weighted by atomic mass is 10.2. The van der Waals surface area contributed by atoms with Crippen LogP contribution in [-0.2, 0) is 11.3 Å². The number of unbranched alkanes of at least 4 members (excludes halogenated alkanes) is 1. The number of methoxy groups -OCH3 is 1. The van der Waals surface area contributed by atoms with Crippen LogP contribution >= 0.6 is 35.7 Å². The molecule has 8 heteroatoms. The Morgan fingerprint density at radius 1 is 1.29 bits per heavy atom. The lowest BCUT2D eigenvalue weighted by Crippen LogP contribution is -2.37. The summed E-state index contributed by atoms with van der Waals surface area (Å²) in [5, 5.41) is 6.61. The number of aromatic nitrogens is 1. The summed E-state index contributed by atoms with van der Waals surface area (Å²) in [6, 6.07) is 3.90. The molecule has 1 aromatic rings. The van der Waals surface area contributed by atoms with E-state index in [-0.39, 0.29) is 24.0 Å². The summed E-state index contributed by atoms with van der Waals surface area (Å²) in [5.41, 5.74) is 0.994. The standard InChI is InChI=1S/C16H28N4O2S.HI/c1-17-16(19-8-4-5-12-23-3)20-13-14-7-6-9-18-15(14)22-11-10-21-2;/h6-7,9H,4-5,8,10-13H2,1-3H3,(H2,17,19,20);1H. The second-order valence-corrected chi connectivity index (χ2v) is 5.85. The van der Waals surface area contributed by atoms with Crippen LogP contribution in [0.25, 0.3) is 0 Å². The zero-order valence-corrected chi connectivity index (χ0v) is 17.9. The summed E-state index contributed by atoms with van der Waals surface area (Å²) < 4.78 is 10.6. The maximum absolute atomic E-state index is 5.63. The first kappa shape index (κ1) is 23.3. The third-order valence-corrected chi connectivity index (χ3v) is 3.81. The van der Waals surface area contributed by atoms with Gasteiger partial charge < -0.3 is 20.1 Å². The molecule has 0 unspecified atom stereocenters. The lowest BCUT2D eigenvalue weighted by molar-refractivity contribution is 0.143. The van der Waals surface area contributed by atoms with Crippen molar-refractivity contribution in [3.63, 3.8) is 0 Å². The predicted octanol–water partition coefficient (Wildman–Crippen LogP) is 2.53. The number of aliphatic imine (C=N–C) groups is 1. The second-order valence-electron chi connectivity index (χ2n) is 4.86. The molecule has 0 radical (unpaired) electrons. The van der Waals surface area contributed by atoms with Crippen LogP contribution in [0.4, 0.5) is 0 Å². The smallest absolute Gasteiger partial charge is 0.218 e. The van der Waals surface area contributed by atoms with E-state index < -0.39 is 0 Å². The van der Waals surface area contributed by atoms with Crippen molar-refractivity contribution in [3.8, 4) is 5.88 Å². The summed E-state index contributed by atoms with van der Waals surface area (Å²) in [6.45, 7) is 2.57. The molecular formula is C16H29IN4O2S. The van der Waals surface area contributed by atoms with Crippen molar-refractivity contribution in [2.24, 2.45) is 4.99 Å². The van der Waals surface area contributed by atoms with E-state index in [1.54, 1.807) is 20.4 Å². The minimum atomic E-state index is 0. The largest absolute Gasteiger partial charge is 0.475 e. The minimum Gasteiger partial charge on any atom is -0.475 e. The first-order valence-corrected chi connectivity index (χ1v) is 9.20. The van der Waals surface area contributed by atoms with Crippen molar-refractivity contribution in [1.29, 1.82) is 0 Å². The molecule has 0 saturated heterocycles. The van der Waals surface area contributed by atoms with Crippen LogP contribution in [0.15, 0.2) is 23.3 Å². The molecule has 138 valence electrons. The van der Waals surface area contributed by atoms with Gasteiger partial charge in [0.25, 0.3) is 0 Å². The van der Waals surface area contributed by atoms with Gasteiger partial charge in [0, 0.05) is 39.0 Å². The summed E-state index contributed by atoms with van der Waals surface area (Å²) >= 11 is 1.88. The fraction of sp³-hybridized carbons (Fsp3) is 0.625. The zero-order valence-electron chi connectivity index (χ0n) is 14.7. The molecule has 0 spiro atoms. The molecule has 0 fully saturated rings. The summed E-state index contributed by atoms with van der Waals surface area (Å²) in [5.74, 6) is 2.62. The van der Waals surface area contributed by atoms with Gasteiger partial charge in [0.05, 0.1) is 6.61 Å². The van der Waals surface area contributed by atoms with E-state index in [1.165, 1.54) is 12.2 Å². The third kappa shape index (κ3) is 10.2. The normalized spacial score (nSPS) is 10.9. The Hall–Kier alpha value is -0.740. The van der Waals surface area contributed by atoms with E-state index in [0.717, 1.165) is 24.5 Å². The second kappa shape index (κ2) is 15.8. The number of pyridine rings is 1. The van der Waals surface area contributed by atoms with Crippen molar-refractivity contribution < 1.29 is 9.47 Å². The van der Waals surface area contributed by atoms with Crippen LogP contribution in [0.1, 0.15) is 18.4 Å². The monoisotopic (exact) mass is 468 g/mol. The van der Waals surface area contributed by atoms with Crippen LogP contribution < -0.4 is 15.4 Å². The van der Waals surface area contributed by atoms with Crippen LogP contribution in [0.3, 0.4) is 0 Å². The van der Waals surface area contributed by atoms with Crippen LogP contribution in [0.5, 0.6) is 5.88 Å². The molecule has 1 rings (SSSR count). The minimum absolute atomic E-state index is 0. The Bertz CT molecular complexity index is 463. The number of nitrogens with one attached hydrogen (secondary N) is 2. The molecule has 0 atom stereocenters. The quantitative estimate of drug-likeness (QED) is 0.225. The molecule has 0 bridgehead atoms. The van der Waals surface area contributed by atoms with Gasteiger partial charge in [0.1, 0.15) is 6.61 Å². The van der Waals surface area contributed by atoms with Crippen molar-refractivity contribution in [2.45, 2.75) is 19.4 Å². The topological polar surface area (TPSA) is 67.8 Å². The van der Waals surface area contributed by atoms with Gasteiger partial charge in [-0.05, 0) is 30.9 Å². The Labute approximate surface area is 166 Å². The Morgan fingerprint density at radius 2 is 2.12 bits per heavy atom. The van der Waals surface area contributed by atoms with Gasteiger partial charge in [-0.3, -0.25) is 4.99 Å². The van der Waals surface area contributed by atoms with Crippen molar-refractivity contribution in [2.75, 3.05) is 45.9 Å². The number of hydrogen-bond donors (Lipinski definition) is 2. The van der Waals surface area contributed by atoms with E-state index >= 15 is 0 Å². The highest BCUT2D eigenvalue weighted by atomic mass is 127.